The molecular formula is C26H19N3O2. The summed E-state index contributed by atoms with van der Waals surface area (Å²) in [6.07, 6.45) is 3.93. The van der Waals surface area contributed by atoms with E-state index in [0.717, 1.165) is 22.7 Å². The van der Waals surface area contributed by atoms with Gasteiger partial charge in [0.15, 0.2) is 0 Å². The predicted molar refractivity (Wildman–Crippen MR) is 122 cm³/mol. The number of rotatable bonds is 5. The summed E-state index contributed by atoms with van der Waals surface area (Å²) < 4.78 is 7.75. The Morgan fingerprint density at radius 2 is 1.58 bits per heavy atom. The summed E-state index contributed by atoms with van der Waals surface area (Å²) in [5, 5.41) is 2.96. The molecule has 0 atom stereocenters. The van der Waals surface area contributed by atoms with Gasteiger partial charge in [0.05, 0.1) is 5.69 Å². The molecule has 5 aromatic rings. The van der Waals surface area contributed by atoms with Crippen LogP contribution in [0.5, 0.6) is 11.5 Å². The first-order chi connectivity index (χ1) is 15.2. The minimum absolute atomic E-state index is 0.182. The number of hydrogen-bond donors (Lipinski definition) is 1. The van der Waals surface area contributed by atoms with E-state index < -0.39 is 0 Å². The van der Waals surface area contributed by atoms with Crippen molar-refractivity contribution in [3.63, 3.8) is 0 Å². The van der Waals surface area contributed by atoms with Gasteiger partial charge in [0.25, 0.3) is 5.91 Å². The highest BCUT2D eigenvalue weighted by Gasteiger charge is 2.09. The number of carbonyl (C=O) groups excluding carboxylic acids is 1. The molecule has 0 spiro atoms. The van der Waals surface area contributed by atoms with Crippen molar-refractivity contribution in [2.24, 2.45) is 0 Å². The number of amides is 1. The summed E-state index contributed by atoms with van der Waals surface area (Å²) in [5.74, 6) is 1.25. The molecule has 150 valence electrons. The first kappa shape index (κ1) is 18.6. The molecule has 5 heteroatoms. The fourth-order valence-electron chi connectivity index (χ4n) is 3.33. The molecule has 2 aromatic heterocycles. The second-order valence-corrected chi connectivity index (χ2v) is 7.07. The molecule has 0 saturated heterocycles. The van der Waals surface area contributed by atoms with Gasteiger partial charge >= 0.3 is 0 Å². The number of imidazole rings is 1. The van der Waals surface area contributed by atoms with Gasteiger partial charge in [0.1, 0.15) is 17.1 Å². The normalized spacial score (nSPS) is 10.7. The highest BCUT2D eigenvalue weighted by molar-refractivity contribution is 6.04. The summed E-state index contributed by atoms with van der Waals surface area (Å²) >= 11 is 0. The summed E-state index contributed by atoms with van der Waals surface area (Å²) in [4.78, 5) is 17.3. The smallest absolute Gasteiger partial charge is 0.255 e. The van der Waals surface area contributed by atoms with Gasteiger partial charge in [-0.25, -0.2) is 4.98 Å². The van der Waals surface area contributed by atoms with Crippen molar-refractivity contribution in [2.45, 2.75) is 0 Å². The quantitative estimate of drug-likeness (QED) is 0.387. The van der Waals surface area contributed by atoms with Crippen molar-refractivity contribution in [1.82, 2.24) is 9.38 Å². The summed E-state index contributed by atoms with van der Waals surface area (Å²) in [7, 11) is 0. The van der Waals surface area contributed by atoms with Crippen LogP contribution in [0.25, 0.3) is 16.9 Å². The van der Waals surface area contributed by atoms with Crippen molar-refractivity contribution < 1.29 is 9.53 Å². The summed E-state index contributed by atoms with van der Waals surface area (Å²) in [6, 6.07) is 30.2. The molecule has 0 aliphatic rings. The van der Waals surface area contributed by atoms with E-state index in [9.17, 15) is 4.79 Å². The standard InChI is InChI=1S/C26H19N3O2/c30-26(19-12-14-23(15-13-19)31-22-9-2-1-3-10-22)27-21-8-6-7-20(17-21)24-18-29-16-5-4-11-25(29)28-24/h1-18H,(H,27,30). The maximum absolute atomic E-state index is 12.7. The molecule has 0 unspecified atom stereocenters. The van der Waals surface area contributed by atoms with E-state index >= 15 is 0 Å². The monoisotopic (exact) mass is 405 g/mol. The maximum atomic E-state index is 12.7. The van der Waals surface area contributed by atoms with Crippen molar-refractivity contribution in [1.29, 1.82) is 0 Å². The molecule has 1 amide bonds. The van der Waals surface area contributed by atoms with Crippen molar-refractivity contribution in [2.75, 3.05) is 5.32 Å². The average molecular weight is 405 g/mol. The zero-order chi connectivity index (χ0) is 21.0. The lowest BCUT2D eigenvalue weighted by Crippen LogP contribution is -2.11. The van der Waals surface area contributed by atoms with E-state index in [2.05, 4.69) is 10.3 Å². The van der Waals surface area contributed by atoms with Crippen molar-refractivity contribution >= 4 is 17.2 Å². The second-order valence-electron chi connectivity index (χ2n) is 7.07. The molecule has 0 saturated carbocycles. The number of pyridine rings is 1. The lowest BCUT2D eigenvalue weighted by molar-refractivity contribution is 0.102. The van der Waals surface area contributed by atoms with E-state index in [0.29, 0.717) is 17.0 Å². The van der Waals surface area contributed by atoms with Gasteiger partial charge in [-0.15, -0.1) is 0 Å². The van der Waals surface area contributed by atoms with Gasteiger partial charge in [-0.2, -0.15) is 0 Å². The van der Waals surface area contributed by atoms with E-state index in [-0.39, 0.29) is 5.91 Å². The SMILES string of the molecule is O=C(Nc1cccc(-c2cn3ccccc3n2)c1)c1ccc(Oc2ccccc2)cc1. The van der Waals surface area contributed by atoms with Crippen LogP contribution in [0, 0.1) is 0 Å². The number of aromatic nitrogens is 2. The molecule has 0 aliphatic heterocycles. The van der Waals surface area contributed by atoms with E-state index in [1.165, 1.54) is 0 Å². The maximum Gasteiger partial charge on any atom is 0.255 e. The van der Waals surface area contributed by atoms with Crippen LogP contribution in [0.3, 0.4) is 0 Å². The Hall–Kier alpha value is -4.38. The molecule has 0 bridgehead atoms. The molecule has 1 N–H and O–H groups in total. The van der Waals surface area contributed by atoms with Crippen LogP contribution in [0.2, 0.25) is 0 Å². The number of nitrogens with zero attached hydrogens (tertiary/aromatic N) is 2. The fraction of sp³-hybridized carbons (Fsp3) is 0. The Bertz CT molecular complexity index is 1310. The van der Waals surface area contributed by atoms with Gasteiger partial charge < -0.3 is 14.5 Å². The number of para-hydroxylation sites is 1. The third-order valence-electron chi connectivity index (χ3n) is 4.88. The number of fused-ring (bicyclic) bond motifs is 1. The van der Waals surface area contributed by atoms with Gasteiger partial charge in [-0.05, 0) is 60.7 Å². The zero-order valence-corrected chi connectivity index (χ0v) is 16.6. The summed E-state index contributed by atoms with van der Waals surface area (Å²) in [5.41, 5.74) is 3.94. The highest BCUT2D eigenvalue weighted by Crippen LogP contribution is 2.24. The molecule has 5 nitrogen and oxygen atoms in total. The van der Waals surface area contributed by atoms with Crippen LogP contribution in [-0.4, -0.2) is 15.3 Å². The summed E-state index contributed by atoms with van der Waals surface area (Å²) in [6.45, 7) is 0. The minimum Gasteiger partial charge on any atom is -0.457 e. The molecule has 2 heterocycles. The highest BCUT2D eigenvalue weighted by atomic mass is 16.5. The Balaban J connectivity index is 1.30. The first-order valence-electron chi connectivity index (χ1n) is 9.93. The van der Waals surface area contributed by atoms with Gasteiger partial charge in [-0.1, -0.05) is 36.4 Å². The lowest BCUT2D eigenvalue weighted by atomic mass is 10.1. The van der Waals surface area contributed by atoms with E-state index in [4.69, 9.17) is 4.74 Å². The number of nitrogens with one attached hydrogen (secondary N) is 1. The molecule has 0 aliphatic carbocycles. The number of anilines is 1. The van der Waals surface area contributed by atoms with Crippen LogP contribution in [0.1, 0.15) is 10.4 Å². The molecule has 31 heavy (non-hydrogen) atoms. The molecule has 0 fully saturated rings. The molecule has 5 rings (SSSR count). The molecular weight excluding hydrogens is 386 g/mol. The molecule has 0 radical (unpaired) electrons. The van der Waals surface area contributed by atoms with E-state index in [1.807, 2.05) is 89.6 Å². The Morgan fingerprint density at radius 3 is 2.39 bits per heavy atom. The lowest BCUT2D eigenvalue weighted by Gasteiger charge is -2.08. The van der Waals surface area contributed by atoms with Crippen molar-refractivity contribution in [3.05, 3.63) is 115 Å². The fourth-order valence-corrected chi connectivity index (χ4v) is 3.33. The van der Waals surface area contributed by atoms with Crippen LogP contribution in [0.4, 0.5) is 5.69 Å². The number of benzene rings is 3. The van der Waals surface area contributed by atoms with Crippen LogP contribution >= 0.6 is 0 Å². The third-order valence-corrected chi connectivity index (χ3v) is 4.88. The second kappa shape index (κ2) is 8.16. The Labute approximate surface area is 179 Å². The number of carbonyl (C=O) groups is 1. The van der Waals surface area contributed by atoms with Gasteiger partial charge in [0, 0.05) is 29.2 Å². The predicted octanol–water partition coefficient (Wildman–Crippen LogP) is 6.05. The topological polar surface area (TPSA) is 55.6 Å². The van der Waals surface area contributed by atoms with Gasteiger partial charge in [0.2, 0.25) is 0 Å². The average Bonchev–Trinajstić information content (AvgIpc) is 3.25. The van der Waals surface area contributed by atoms with Crippen LogP contribution in [-0.2, 0) is 0 Å². The Morgan fingerprint density at radius 1 is 0.806 bits per heavy atom. The zero-order valence-electron chi connectivity index (χ0n) is 16.6. The van der Waals surface area contributed by atoms with Gasteiger partial charge in [-0.3, -0.25) is 4.79 Å². The van der Waals surface area contributed by atoms with Crippen LogP contribution < -0.4 is 10.1 Å². The molecule has 3 aromatic carbocycles. The van der Waals surface area contributed by atoms with Crippen molar-refractivity contribution in [3.8, 4) is 22.8 Å². The largest absolute Gasteiger partial charge is 0.457 e. The third kappa shape index (κ3) is 4.16. The van der Waals surface area contributed by atoms with E-state index in [1.54, 1.807) is 24.3 Å². The first-order valence-corrected chi connectivity index (χ1v) is 9.93. The minimum atomic E-state index is -0.182. The Kier molecular flexibility index (Phi) is 4.91. The van der Waals surface area contributed by atoms with Crippen LogP contribution in [0.15, 0.2) is 109 Å². The number of ether oxygens (including phenoxy) is 1. The number of hydrogen-bond acceptors (Lipinski definition) is 3.